The van der Waals surface area contributed by atoms with Gasteiger partial charge in [0.1, 0.15) is 0 Å². The predicted molar refractivity (Wildman–Crippen MR) is 74.7 cm³/mol. The molecule has 0 amide bonds. The molecule has 17 heavy (non-hydrogen) atoms. The van der Waals surface area contributed by atoms with E-state index in [9.17, 15) is 0 Å². The molecule has 0 aromatic carbocycles. The highest BCUT2D eigenvalue weighted by Gasteiger charge is 2.26. The summed E-state index contributed by atoms with van der Waals surface area (Å²) in [5.41, 5.74) is 9.09. The Morgan fingerprint density at radius 1 is 1.47 bits per heavy atom. The number of nitrogens with two attached hydrogens (primary N) is 1. The maximum absolute atomic E-state index is 6.08. The quantitative estimate of drug-likeness (QED) is 0.849. The van der Waals surface area contributed by atoms with Gasteiger partial charge in [0.25, 0.3) is 0 Å². The Hall–Kier alpha value is -0.670. The lowest BCUT2D eigenvalue weighted by Crippen LogP contribution is -2.31. The van der Waals surface area contributed by atoms with Crippen LogP contribution in [0.1, 0.15) is 32.3 Å². The minimum atomic E-state index is 0.203. The smallest absolute Gasteiger partial charge is 0.0410 e. The molecule has 0 spiro atoms. The summed E-state index contributed by atoms with van der Waals surface area (Å²) in [5, 5.41) is 0. The van der Waals surface area contributed by atoms with Crippen LogP contribution in [-0.2, 0) is 6.42 Å². The average molecular weight is 295 g/mol. The summed E-state index contributed by atoms with van der Waals surface area (Å²) in [5.74, 6) is 0. The zero-order valence-electron chi connectivity index (χ0n) is 10.4. The molecule has 1 atom stereocenters. The third kappa shape index (κ3) is 3.65. The number of pyridine rings is 1. The average Bonchev–Trinajstić information content (AvgIpc) is 2.13. The molecule has 0 radical (unpaired) electrons. The second-order valence-electron chi connectivity index (χ2n) is 5.72. The Kier molecular flexibility index (Phi) is 3.69. The molecule has 92 valence electrons. The largest absolute Gasteiger partial charge is 0.324 e. The number of aromatic nitrogens is 1. The summed E-state index contributed by atoms with van der Waals surface area (Å²) in [6.45, 7) is 4.58. The van der Waals surface area contributed by atoms with Gasteiger partial charge in [-0.3, -0.25) is 4.98 Å². The van der Waals surface area contributed by atoms with Crippen LogP contribution in [0, 0.1) is 5.41 Å². The van der Waals surface area contributed by atoms with E-state index in [2.05, 4.69) is 46.9 Å². The SMILES string of the molecule is CC1(C)CC(Cc2cncc(Br)c2)=CC(N)C1. The van der Waals surface area contributed by atoms with Crippen LogP contribution < -0.4 is 5.73 Å². The summed E-state index contributed by atoms with van der Waals surface area (Å²) in [4.78, 5) is 4.20. The van der Waals surface area contributed by atoms with E-state index in [1.165, 1.54) is 11.1 Å². The molecule has 1 aromatic heterocycles. The molecule has 1 heterocycles. The minimum absolute atomic E-state index is 0.203. The Bertz CT molecular complexity index is 438. The second kappa shape index (κ2) is 4.91. The number of hydrogen-bond acceptors (Lipinski definition) is 2. The van der Waals surface area contributed by atoms with Gasteiger partial charge in [0.05, 0.1) is 0 Å². The van der Waals surface area contributed by atoms with Crippen LogP contribution in [0.4, 0.5) is 0 Å². The van der Waals surface area contributed by atoms with Gasteiger partial charge in [0.2, 0.25) is 0 Å². The first-order chi connectivity index (χ1) is 7.94. The molecule has 0 aliphatic heterocycles. The van der Waals surface area contributed by atoms with E-state index in [-0.39, 0.29) is 6.04 Å². The third-order valence-corrected chi connectivity index (χ3v) is 3.57. The van der Waals surface area contributed by atoms with Crippen LogP contribution in [0.2, 0.25) is 0 Å². The van der Waals surface area contributed by atoms with Crippen molar-refractivity contribution in [2.24, 2.45) is 11.1 Å². The van der Waals surface area contributed by atoms with Gasteiger partial charge in [-0.25, -0.2) is 0 Å². The monoisotopic (exact) mass is 294 g/mol. The van der Waals surface area contributed by atoms with E-state index < -0.39 is 0 Å². The first-order valence-electron chi connectivity index (χ1n) is 5.99. The summed E-state index contributed by atoms with van der Waals surface area (Å²) in [6, 6.07) is 2.33. The number of nitrogens with zero attached hydrogens (tertiary/aromatic N) is 1. The summed E-state index contributed by atoms with van der Waals surface area (Å²) in [6.07, 6.45) is 9.14. The molecule has 0 saturated heterocycles. The fraction of sp³-hybridized carbons (Fsp3) is 0.500. The summed E-state index contributed by atoms with van der Waals surface area (Å²) in [7, 11) is 0. The van der Waals surface area contributed by atoms with Crippen LogP contribution in [0.5, 0.6) is 0 Å². The Morgan fingerprint density at radius 3 is 2.88 bits per heavy atom. The van der Waals surface area contributed by atoms with Gasteiger partial charge in [-0.15, -0.1) is 0 Å². The lowest BCUT2D eigenvalue weighted by molar-refractivity contribution is 0.299. The molecule has 3 heteroatoms. The van der Waals surface area contributed by atoms with Gasteiger partial charge in [0, 0.05) is 22.9 Å². The van der Waals surface area contributed by atoms with Gasteiger partial charge in [-0.05, 0) is 52.2 Å². The highest BCUT2D eigenvalue weighted by atomic mass is 79.9. The highest BCUT2D eigenvalue weighted by Crippen LogP contribution is 2.35. The van der Waals surface area contributed by atoms with Crippen LogP contribution in [0.25, 0.3) is 0 Å². The van der Waals surface area contributed by atoms with Crippen molar-refractivity contribution in [3.8, 4) is 0 Å². The highest BCUT2D eigenvalue weighted by molar-refractivity contribution is 9.10. The molecule has 0 bridgehead atoms. The maximum atomic E-state index is 6.08. The first kappa shape index (κ1) is 12.8. The number of rotatable bonds is 2. The van der Waals surface area contributed by atoms with Gasteiger partial charge in [0.15, 0.2) is 0 Å². The molecule has 2 nitrogen and oxygen atoms in total. The Balaban J connectivity index is 2.14. The Morgan fingerprint density at radius 2 is 2.24 bits per heavy atom. The standard InChI is InChI=1S/C14H19BrN2/c1-14(2)6-10(5-13(16)7-14)3-11-4-12(15)9-17-8-11/h4-5,8-9,13H,3,6-7,16H2,1-2H3. The van der Waals surface area contributed by atoms with Gasteiger partial charge < -0.3 is 5.73 Å². The zero-order chi connectivity index (χ0) is 12.5. The van der Waals surface area contributed by atoms with Gasteiger partial charge >= 0.3 is 0 Å². The molecule has 0 fully saturated rings. The minimum Gasteiger partial charge on any atom is -0.324 e. The van der Waals surface area contributed by atoms with Crippen molar-refractivity contribution in [2.45, 2.75) is 39.2 Å². The predicted octanol–water partition coefficient (Wildman–Crippen LogP) is 3.46. The summed E-state index contributed by atoms with van der Waals surface area (Å²) < 4.78 is 1.04. The second-order valence-corrected chi connectivity index (χ2v) is 6.64. The topological polar surface area (TPSA) is 38.9 Å². The molecule has 1 aliphatic rings. The van der Waals surface area contributed by atoms with Crippen molar-refractivity contribution in [1.29, 1.82) is 0 Å². The number of hydrogen-bond donors (Lipinski definition) is 1. The molecular weight excluding hydrogens is 276 g/mol. The normalized spacial score (nSPS) is 23.3. The maximum Gasteiger partial charge on any atom is 0.0410 e. The van der Waals surface area contributed by atoms with Crippen LogP contribution in [0.15, 0.2) is 34.6 Å². The van der Waals surface area contributed by atoms with Crippen LogP contribution in [-0.4, -0.2) is 11.0 Å². The third-order valence-electron chi connectivity index (χ3n) is 3.14. The summed E-state index contributed by atoms with van der Waals surface area (Å²) >= 11 is 3.45. The van der Waals surface area contributed by atoms with Crippen molar-refractivity contribution in [2.75, 3.05) is 0 Å². The van der Waals surface area contributed by atoms with Crippen molar-refractivity contribution in [1.82, 2.24) is 4.98 Å². The van der Waals surface area contributed by atoms with E-state index in [0.717, 1.165) is 23.7 Å². The Labute approximate surface area is 111 Å². The van der Waals surface area contributed by atoms with E-state index in [1.54, 1.807) is 0 Å². The van der Waals surface area contributed by atoms with Crippen molar-refractivity contribution < 1.29 is 0 Å². The molecule has 1 unspecified atom stereocenters. The molecule has 0 saturated carbocycles. The van der Waals surface area contributed by atoms with Gasteiger partial charge in [-0.1, -0.05) is 25.5 Å². The van der Waals surface area contributed by atoms with E-state index in [0.29, 0.717) is 5.41 Å². The van der Waals surface area contributed by atoms with Crippen molar-refractivity contribution in [3.63, 3.8) is 0 Å². The van der Waals surface area contributed by atoms with Crippen LogP contribution >= 0.6 is 15.9 Å². The molecule has 2 N–H and O–H groups in total. The van der Waals surface area contributed by atoms with Crippen molar-refractivity contribution in [3.05, 3.63) is 40.1 Å². The molecular formula is C14H19BrN2. The zero-order valence-corrected chi connectivity index (χ0v) is 12.0. The van der Waals surface area contributed by atoms with E-state index in [4.69, 9.17) is 5.73 Å². The molecule has 1 aliphatic carbocycles. The van der Waals surface area contributed by atoms with Crippen molar-refractivity contribution >= 4 is 15.9 Å². The molecule has 1 aromatic rings. The number of halogens is 1. The lowest BCUT2D eigenvalue weighted by Gasteiger charge is -2.33. The van der Waals surface area contributed by atoms with Crippen LogP contribution in [0.3, 0.4) is 0 Å². The molecule has 2 rings (SSSR count). The van der Waals surface area contributed by atoms with Gasteiger partial charge in [-0.2, -0.15) is 0 Å². The van der Waals surface area contributed by atoms with E-state index >= 15 is 0 Å². The number of allylic oxidation sites excluding steroid dienone is 1. The fourth-order valence-electron chi connectivity index (χ4n) is 2.68. The first-order valence-corrected chi connectivity index (χ1v) is 6.78. The fourth-order valence-corrected chi connectivity index (χ4v) is 3.09. The lowest BCUT2D eigenvalue weighted by atomic mass is 9.74. The van der Waals surface area contributed by atoms with E-state index in [1.807, 2.05) is 12.4 Å².